The van der Waals surface area contributed by atoms with Gasteiger partial charge in [0.05, 0.1) is 17.7 Å². The molecule has 0 aliphatic heterocycles. The summed E-state index contributed by atoms with van der Waals surface area (Å²) in [7, 11) is 0. The lowest BCUT2D eigenvalue weighted by atomic mass is 9.82. The zero-order chi connectivity index (χ0) is 15.9. The number of furan rings is 1. The Balaban J connectivity index is 2.46. The molecule has 1 rings (SSSR count). The van der Waals surface area contributed by atoms with Gasteiger partial charge >= 0.3 is 5.97 Å². The van der Waals surface area contributed by atoms with Crippen LogP contribution in [0.15, 0.2) is 16.5 Å². The predicted molar refractivity (Wildman–Crippen MR) is 78.4 cm³/mol. The topological polar surface area (TPSA) is 62.5 Å². The number of carboxylic acids is 1. The van der Waals surface area contributed by atoms with Gasteiger partial charge in [-0.05, 0) is 25.0 Å². The standard InChI is InChI=1S/C14H21F2NO3S/c1-3-14(4-2,12(18)19)9-17-7-10-5-6-11(20-10)8-21-13(15)16/h5-6,13,17H,3-4,7-9H2,1-2H3,(H,18,19). The van der Waals surface area contributed by atoms with E-state index in [1.54, 1.807) is 12.1 Å². The van der Waals surface area contributed by atoms with Crippen molar-refractivity contribution in [3.63, 3.8) is 0 Å². The molecule has 0 aromatic carbocycles. The fraction of sp³-hybridized carbons (Fsp3) is 0.643. The molecule has 0 unspecified atom stereocenters. The van der Waals surface area contributed by atoms with Gasteiger partial charge in [0.15, 0.2) is 0 Å². The number of carbonyl (C=O) groups is 1. The maximum Gasteiger partial charge on any atom is 0.310 e. The second-order valence-electron chi connectivity index (χ2n) is 4.84. The summed E-state index contributed by atoms with van der Waals surface area (Å²) in [6.07, 6.45) is 1.08. The third kappa shape index (κ3) is 5.32. The second kappa shape index (κ2) is 8.38. The summed E-state index contributed by atoms with van der Waals surface area (Å²) in [5, 5.41) is 12.4. The van der Waals surface area contributed by atoms with Crippen LogP contribution in [0.25, 0.3) is 0 Å². The van der Waals surface area contributed by atoms with Crippen LogP contribution in [0, 0.1) is 5.41 Å². The first-order valence-electron chi connectivity index (χ1n) is 6.85. The zero-order valence-electron chi connectivity index (χ0n) is 12.2. The number of rotatable bonds is 10. The lowest BCUT2D eigenvalue weighted by molar-refractivity contribution is -0.149. The molecule has 1 aromatic heterocycles. The monoisotopic (exact) mass is 321 g/mol. The molecular weight excluding hydrogens is 300 g/mol. The van der Waals surface area contributed by atoms with Crippen molar-refractivity contribution in [2.75, 3.05) is 6.54 Å². The number of thioether (sulfide) groups is 1. The Morgan fingerprint density at radius 1 is 1.38 bits per heavy atom. The summed E-state index contributed by atoms with van der Waals surface area (Å²) in [4.78, 5) is 11.3. The van der Waals surface area contributed by atoms with Crippen molar-refractivity contribution >= 4 is 17.7 Å². The first-order valence-corrected chi connectivity index (χ1v) is 7.90. The molecule has 21 heavy (non-hydrogen) atoms. The Hall–Kier alpha value is -1.08. The van der Waals surface area contributed by atoms with Gasteiger partial charge in [-0.15, -0.1) is 0 Å². The van der Waals surface area contributed by atoms with E-state index in [1.165, 1.54) is 0 Å². The minimum Gasteiger partial charge on any atom is -0.481 e. The maximum absolute atomic E-state index is 12.1. The smallest absolute Gasteiger partial charge is 0.310 e. The van der Waals surface area contributed by atoms with Gasteiger partial charge in [0.1, 0.15) is 11.5 Å². The zero-order valence-corrected chi connectivity index (χ0v) is 13.0. The van der Waals surface area contributed by atoms with Gasteiger partial charge in [-0.2, -0.15) is 8.78 Å². The molecule has 1 aromatic rings. The van der Waals surface area contributed by atoms with Crippen molar-refractivity contribution < 1.29 is 23.1 Å². The normalized spacial score (nSPS) is 12.0. The van der Waals surface area contributed by atoms with Crippen molar-refractivity contribution in [3.8, 4) is 0 Å². The molecule has 0 atom stereocenters. The predicted octanol–water partition coefficient (Wildman–Crippen LogP) is 3.72. The van der Waals surface area contributed by atoms with Crippen LogP contribution < -0.4 is 5.32 Å². The van der Waals surface area contributed by atoms with E-state index in [1.807, 2.05) is 13.8 Å². The molecule has 0 fully saturated rings. The van der Waals surface area contributed by atoms with Gasteiger partial charge < -0.3 is 14.8 Å². The first kappa shape index (κ1) is 18.0. The summed E-state index contributed by atoms with van der Waals surface area (Å²) < 4.78 is 29.5. The number of halogens is 2. The summed E-state index contributed by atoms with van der Waals surface area (Å²) >= 11 is 0.512. The van der Waals surface area contributed by atoms with Crippen molar-refractivity contribution in [2.45, 2.75) is 44.7 Å². The largest absolute Gasteiger partial charge is 0.481 e. The molecule has 1 heterocycles. The molecule has 0 radical (unpaired) electrons. The van der Waals surface area contributed by atoms with Gasteiger partial charge in [-0.1, -0.05) is 25.6 Å². The number of hydrogen-bond acceptors (Lipinski definition) is 4. The first-order chi connectivity index (χ1) is 9.93. The second-order valence-corrected chi connectivity index (χ2v) is 5.81. The molecule has 0 aliphatic carbocycles. The lowest BCUT2D eigenvalue weighted by Crippen LogP contribution is -2.39. The number of aliphatic carboxylic acids is 1. The number of alkyl halides is 2. The van der Waals surface area contributed by atoms with Crippen LogP contribution in [-0.4, -0.2) is 23.4 Å². The van der Waals surface area contributed by atoms with Crippen LogP contribution in [0.3, 0.4) is 0 Å². The van der Waals surface area contributed by atoms with Gasteiger partial charge in [0.2, 0.25) is 0 Å². The highest BCUT2D eigenvalue weighted by atomic mass is 32.2. The van der Waals surface area contributed by atoms with Crippen LogP contribution in [0.5, 0.6) is 0 Å². The Morgan fingerprint density at radius 2 is 2.00 bits per heavy atom. The molecule has 0 bridgehead atoms. The summed E-state index contributed by atoms with van der Waals surface area (Å²) in [6, 6.07) is 3.38. The average Bonchev–Trinajstić information content (AvgIpc) is 2.89. The van der Waals surface area contributed by atoms with Crippen molar-refractivity contribution in [1.82, 2.24) is 5.32 Å². The lowest BCUT2D eigenvalue weighted by Gasteiger charge is -2.26. The van der Waals surface area contributed by atoms with E-state index in [9.17, 15) is 18.7 Å². The molecular formula is C14H21F2NO3S. The van der Waals surface area contributed by atoms with E-state index in [0.717, 1.165) is 0 Å². The van der Waals surface area contributed by atoms with Crippen molar-refractivity contribution in [2.24, 2.45) is 5.41 Å². The SMILES string of the molecule is CCC(CC)(CNCc1ccc(CSC(F)F)o1)C(=O)O. The van der Waals surface area contributed by atoms with Crippen LogP contribution in [0.1, 0.15) is 38.2 Å². The molecule has 0 amide bonds. The summed E-state index contributed by atoms with van der Waals surface area (Å²) in [5.41, 5.74) is -0.777. The van der Waals surface area contributed by atoms with E-state index in [0.29, 0.717) is 49.2 Å². The number of carboxylic acid groups (broad SMARTS) is 1. The molecule has 0 saturated carbocycles. The van der Waals surface area contributed by atoms with E-state index in [2.05, 4.69) is 5.32 Å². The molecule has 4 nitrogen and oxygen atoms in total. The maximum atomic E-state index is 12.1. The molecule has 2 N–H and O–H groups in total. The summed E-state index contributed by atoms with van der Waals surface area (Å²) in [6.45, 7) is 4.43. The van der Waals surface area contributed by atoms with Crippen molar-refractivity contribution in [1.29, 1.82) is 0 Å². The van der Waals surface area contributed by atoms with Gasteiger partial charge in [0, 0.05) is 6.54 Å². The summed E-state index contributed by atoms with van der Waals surface area (Å²) in [5.74, 6) is -1.99. The van der Waals surface area contributed by atoms with Crippen molar-refractivity contribution in [3.05, 3.63) is 23.7 Å². The van der Waals surface area contributed by atoms with Gasteiger partial charge in [0.25, 0.3) is 5.76 Å². The molecule has 0 spiro atoms. The van der Waals surface area contributed by atoms with E-state index in [-0.39, 0.29) is 5.75 Å². The third-order valence-electron chi connectivity index (χ3n) is 3.64. The molecule has 0 saturated heterocycles. The number of nitrogens with one attached hydrogen (secondary N) is 1. The molecule has 0 aliphatic rings. The highest BCUT2D eigenvalue weighted by molar-refractivity contribution is 7.98. The Kier molecular flexibility index (Phi) is 7.17. The molecule has 7 heteroatoms. The van der Waals surface area contributed by atoms with Crippen LogP contribution in [0.4, 0.5) is 8.78 Å². The van der Waals surface area contributed by atoms with E-state index in [4.69, 9.17) is 4.42 Å². The molecule has 120 valence electrons. The van der Waals surface area contributed by atoms with Gasteiger partial charge in [-0.25, -0.2) is 0 Å². The fourth-order valence-electron chi connectivity index (χ4n) is 2.04. The Bertz CT molecular complexity index is 447. The van der Waals surface area contributed by atoms with Crippen LogP contribution in [0.2, 0.25) is 0 Å². The van der Waals surface area contributed by atoms with Crippen LogP contribution in [-0.2, 0) is 17.1 Å². The minimum atomic E-state index is -2.41. The quantitative estimate of drug-likeness (QED) is 0.688. The minimum absolute atomic E-state index is 0.126. The van der Waals surface area contributed by atoms with E-state index >= 15 is 0 Å². The van der Waals surface area contributed by atoms with E-state index < -0.39 is 17.1 Å². The Labute approximate surface area is 127 Å². The highest BCUT2D eigenvalue weighted by Crippen LogP contribution is 2.26. The third-order valence-corrected chi connectivity index (χ3v) is 4.34. The average molecular weight is 321 g/mol. The fourth-order valence-corrected chi connectivity index (χ4v) is 2.49. The van der Waals surface area contributed by atoms with Gasteiger partial charge in [-0.3, -0.25) is 4.79 Å². The highest BCUT2D eigenvalue weighted by Gasteiger charge is 2.34. The number of hydrogen-bond donors (Lipinski definition) is 2. The van der Waals surface area contributed by atoms with Crippen LogP contribution >= 0.6 is 11.8 Å². The Morgan fingerprint density at radius 3 is 2.52 bits per heavy atom.